The molecule has 0 aliphatic heterocycles. The SMILES string of the molecule is CCC(=O)OCCN(CC)CC.Cl. The van der Waals surface area contributed by atoms with Crippen LogP contribution in [0.15, 0.2) is 0 Å². The number of halogens is 1. The Morgan fingerprint density at radius 1 is 1.23 bits per heavy atom. The molecule has 0 spiro atoms. The molecule has 0 atom stereocenters. The van der Waals surface area contributed by atoms with Crippen LogP contribution in [0.5, 0.6) is 0 Å². The molecule has 80 valence electrons. The zero-order valence-corrected chi connectivity index (χ0v) is 9.52. The number of hydrogen-bond acceptors (Lipinski definition) is 3. The molecular formula is C9H20ClNO2. The third-order valence-electron chi connectivity index (χ3n) is 1.85. The minimum absolute atomic E-state index is 0. The average Bonchev–Trinajstić information content (AvgIpc) is 2.12. The van der Waals surface area contributed by atoms with Gasteiger partial charge in [0.1, 0.15) is 6.61 Å². The van der Waals surface area contributed by atoms with E-state index in [-0.39, 0.29) is 18.4 Å². The monoisotopic (exact) mass is 209 g/mol. The Morgan fingerprint density at radius 3 is 2.15 bits per heavy atom. The maximum atomic E-state index is 10.7. The number of carbonyl (C=O) groups excluding carboxylic acids is 1. The molecule has 0 saturated carbocycles. The molecule has 0 radical (unpaired) electrons. The first-order chi connectivity index (χ1) is 5.74. The molecule has 0 aliphatic rings. The van der Waals surface area contributed by atoms with Gasteiger partial charge < -0.3 is 9.64 Å². The first-order valence-electron chi connectivity index (χ1n) is 4.62. The van der Waals surface area contributed by atoms with Gasteiger partial charge in [0.2, 0.25) is 0 Å². The molecule has 0 rings (SSSR count). The van der Waals surface area contributed by atoms with Gasteiger partial charge in [0.05, 0.1) is 0 Å². The Hall–Kier alpha value is -0.280. The fraction of sp³-hybridized carbons (Fsp3) is 0.889. The highest BCUT2D eigenvalue weighted by Crippen LogP contribution is 1.89. The molecule has 0 aromatic rings. The van der Waals surface area contributed by atoms with Crippen LogP contribution in [0.4, 0.5) is 0 Å². The largest absolute Gasteiger partial charge is 0.464 e. The number of nitrogens with zero attached hydrogens (tertiary/aromatic N) is 1. The zero-order chi connectivity index (χ0) is 9.40. The van der Waals surface area contributed by atoms with Crippen molar-refractivity contribution < 1.29 is 9.53 Å². The number of esters is 1. The summed E-state index contributed by atoms with van der Waals surface area (Å²) in [5, 5.41) is 0. The van der Waals surface area contributed by atoms with Gasteiger partial charge in [0.15, 0.2) is 0 Å². The Kier molecular flexibility index (Phi) is 11.5. The molecule has 0 saturated heterocycles. The predicted octanol–water partition coefficient (Wildman–Crippen LogP) is 1.70. The van der Waals surface area contributed by atoms with Gasteiger partial charge in [-0.25, -0.2) is 0 Å². The average molecular weight is 210 g/mol. The summed E-state index contributed by atoms with van der Waals surface area (Å²) < 4.78 is 4.94. The molecule has 13 heavy (non-hydrogen) atoms. The van der Waals surface area contributed by atoms with E-state index in [4.69, 9.17) is 4.74 Å². The summed E-state index contributed by atoms with van der Waals surface area (Å²) in [6, 6.07) is 0. The molecule has 0 N–H and O–H groups in total. The zero-order valence-electron chi connectivity index (χ0n) is 8.71. The van der Waals surface area contributed by atoms with Gasteiger partial charge in [-0.05, 0) is 13.1 Å². The molecule has 0 aromatic heterocycles. The van der Waals surface area contributed by atoms with E-state index in [1.54, 1.807) is 6.92 Å². The molecule has 4 heteroatoms. The summed E-state index contributed by atoms with van der Waals surface area (Å²) in [7, 11) is 0. The van der Waals surface area contributed by atoms with Gasteiger partial charge in [0, 0.05) is 13.0 Å². The lowest BCUT2D eigenvalue weighted by Gasteiger charge is -2.17. The van der Waals surface area contributed by atoms with Crippen molar-refractivity contribution in [2.24, 2.45) is 0 Å². The minimum atomic E-state index is -0.109. The fourth-order valence-electron chi connectivity index (χ4n) is 0.930. The highest BCUT2D eigenvalue weighted by Gasteiger charge is 2.01. The maximum absolute atomic E-state index is 10.7. The molecular weight excluding hydrogens is 190 g/mol. The Bertz CT molecular complexity index is 127. The Balaban J connectivity index is 0. The van der Waals surface area contributed by atoms with Crippen molar-refractivity contribution in [1.82, 2.24) is 4.90 Å². The van der Waals surface area contributed by atoms with Gasteiger partial charge in [0.25, 0.3) is 0 Å². The predicted molar refractivity (Wildman–Crippen MR) is 56.3 cm³/mol. The quantitative estimate of drug-likeness (QED) is 0.624. The highest BCUT2D eigenvalue weighted by atomic mass is 35.5. The summed E-state index contributed by atoms with van der Waals surface area (Å²) in [5.74, 6) is -0.109. The molecule has 0 bridgehead atoms. The van der Waals surface area contributed by atoms with Crippen molar-refractivity contribution in [1.29, 1.82) is 0 Å². The van der Waals surface area contributed by atoms with E-state index >= 15 is 0 Å². The number of hydrogen-bond donors (Lipinski definition) is 0. The van der Waals surface area contributed by atoms with Crippen molar-refractivity contribution in [3.05, 3.63) is 0 Å². The van der Waals surface area contributed by atoms with Crippen molar-refractivity contribution in [2.45, 2.75) is 27.2 Å². The van der Waals surface area contributed by atoms with Crippen LogP contribution < -0.4 is 0 Å². The maximum Gasteiger partial charge on any atom is 0.305 e. The van der Waals surface area contributed by atoms with Crippen LogP contribution >= 0.6 is 12.4 Å². The van der Waals surface area contributed by atoms with Gasteiger partial charge in [-0.15, -0.1) is 12.4 Å². The number of likely N-dealkylation sites (N-methyl/N-ethyl adjacent to an activating group) is 1. The second-order valence-corrected chi connectivity index (χ2v) is 2.60. The molecule has 0 aromatic carbocycles. The summed E-state index contributed by atoms with van der Waals surface area (Å²) in [6.07, 6.45) is 0.470. The van der Waals surface area contributed by atoms with Gasteiger partial charge >= 0.3 is 5.97 Å². The normalized spacial score (nSPS) is 9.54. The highest BCUT2D eigenvalue weighted by molar-refractivity contribution is 5.85. The Labute approximate surface area is 86.8 Å². The van der Waals surface area contributed by atoms with Crippen LogP contribution in [-0.4, -0.2) is 37.1 Å². The second-order valence-electron chi connectivity index (χ2n) is 2.60. The van der Waals surface area contributed by atoms with Crippen molar-refractivity contribution in [3.63, 3.8) is 0 Å². The molecule has 3 nitrogen and oxygen atoms in total. The molecule has 0 unspecified atom stereocenters. The number of ether oxygens (including phenoxy) is 1. The first-order valence-corrected chi connectivity index (χ1v) is 4.62. The number of rotatable bonds is 6. The van der Waals surface area contributed by atoms with Crippen LogP contribution in [0.2, 0.25) is 0 Å². The standard InChI is InChI=1S/C9H19NO2.ClH/c1-4-9(11)12-8-7-10(5-2)6-3;/h4-8H2,1-3H3;1H. The summed E-state index contributed by atoms with van der Waals surface area (Å²) in [5.41, 5.74) is 0. The van der Waals surface area contributed by atoms with Crippen molar-refractivity contribution in [2.75, 3.05) is 26.2 Å². The summed E-state index contributed by atoms with van der Waals surface area (Å²) in [4.78, 5) is 13.0. The van der Waals surface area contributed by atoms with Crippen LogP contribution in [0, 0.1) is 0 Å². The number of carbonyl (C=O) groups is 1. The van der Waals surface area contributed by atoms with E-state index in [1.165, 1.54) is 0 Å². The lowest BCUT2D eigenvalue weighted by Crippen LogP contribution is -2.27. The molecule has 0 amide bonds. The lowest BCUT2D eigenvalue weighted by molar-refractivity contribution is -0.143. The van der Waals surface area contributed by atoms with Gasteiger partial charge in [-0.1, -0.05) is 20.8 Å². The van der Waals surface area contributed by atoms with E-state index in [9.17, 15) is 4.79 Å². The summed E-state index contributed by atoms with van der Waals surface area (Å²) in [6.45, 7) is 9.41. The van der Waals surface area contributed by atoms with Crippen LogP contribution in [-0.2, 0) is 9.53 Å². The van der Waals surface area contributed by atoms with E-state index in [1.807, 2.05) is 0 Å². The van der Waals surface area contributed by atoms with Crippen molar-refractivity contribution in [3.8, 4) is 0 Å². The third kappa shape index (κ3) is 8.06. The van der Waals surface area contributed by atoms with Crippen LogP contribution in [0.3, 0.4) is 0 Å². The van der Waals surface area contributed by atoms with E-state index in [0.29, 0.717) is 13.0 Å². The van der Waals surface area contributed by atoms with E-state index in [2.05, 4.69) is 18.7 Å². The van der Waals surface area contributed by atoms with Crippen LogP contribution in [0.1, 0.15) is 27.2 Å². The van der Waals surface area contributed by atoms with Gasteiger partial charge in [-0.3, -0.25) is 4.79 Å². The van der Waals surface area contributed by atoms with Gasteiger partial charge in [-0.2, -0.15) is 0 Å². The molecule has 0 fully saturated rings. The lowest BCUT2D eigenvalue weighted by atomic mass is 10.5. The minimum Gasteiger partial charge on any atom is -0.464 e. The smallest absolute Gasteiger partial charge is 0.305 e. The fourth-order valence-corrected chi connectivity index (χ4v) is 0.930. The van der Waals surface area contributed by atoms with E-state index in [0.717, 1.165) is 19.6 Å². The third-order valence-corrected chi connectivity index (χ3v) is 1.85. The Morgan fingerprint density at radius 2 is 1.77 bits per heavy atom. The summed E-state index contributed by atoms with van der Waals surface area (Å²) >= 11 is 0. The van der Waals surface area contributed by atoms with Crippen LogP contribution in [0.25, 0.3) is 0 Å². The van der Waals surface area contributed by atoms with Crippen molar-refractivity contribution >= 4 is 18.4 Å². The van der Waals surface area contributed by atoms with E-state index < -0.39 is 0 Å². The molecule has 0 heterocycles. The topological polar surface area (TPSA) is 29.5 Å². The molecule has 0 aliphatic carbocycles. The second kappa shape index (κ2) is 9.81. The first kappa shape index (κ1) is 15.2.